The van der Waals surface area contributed by atoms with Crippen LogP contribution in [0.25, 0.3) is 0 Å². The molecular formula is C22H27N3O3. The summed E-state index contributed by atoms with van der Waals surface area (Å²) in [6.45, 7) is 0.136. The van der Waals surface area contributed by atoms with Gasteiger partial charge < -0.3 is 20.7 Å². The maximum absolute atomic E-state index is 12.3. The van der Waals surface area contributed by atoms with Gasteiger partial charge in [0.1, 0.15) is 5.75 Å². The Morgan fingerprint density at radius 3 is 2.46 bits per heavy atom. The first-order valence-corrected chi connectivity index (χ1v) is 9.73. The number of anilines is 2. The molecule has 0 saturated heterocycles. The molecule has 148 valence electrons. The van der Waals surface area contributed by atoms with Gasteiger partial charge >= 0.3 is 0 Å². The lowest BCUT2D eigenvalue weighted by Gasteiger charge is -2.22. The summed E-state index contributed by atoms with van der Waals surface area (Å²) < 4.78 is 5.16. The van der Waals surface area contributed by atoms with E-state index in [9.17, 15) is 9.59 Å². The molecule has 3 rings (SSSR count). The molecule has 6 nitrogen and oxygen atoms in total. The molecule has 0 aliphatic heterocycles. The van der Waals surface area contributed by atoms with E-state index in [-0.39, 0.29) is 24.4 Å². The number of carbonyl (C=O) groups excluding carboxylic acids is 2. The molecular weight excluding hydrogens is 354 g/mol. The van der Waals surface area contributed by atoms with Gasteiger partial charge in [-0.05, 0) is 49.2 Å². The summed E-state index contributed by atoms with van der Waals surface area (Å²) in [4.78, 5) is 24.5. The van der Waals surface area contributed by atoms with Gasteiger partial charge in [-0.15, -0.1) is 0 Å². The summed E-state index contributed by atoms with van der Waals surface area (Å²) in [5.74, 6) is 0.513. The van der Waals surface area contributed by atoms with Crippen molar-refractivity contribution >= 4 is 23.2 Å². The second-order valence-corrected chi connectivity index (χ2v) is 7.02. The predicted molar refractivity (Wildman–Crippen MR) is 111 cm³/mol. The van der Waals surface area contributed by atoms with E-state index in [1.54, 1.807) is 31.4 Å². The topological polar surface area (TPSA) is 79.5 Å². The fourth-order valence-corrected chi connectivity index (χ4v) is 3.34. The maximum Gasteiger partial charge on any atom is 0.251 e. The number of nitrogens with one attached hydrogen (secondary N) is 3. The fraction of sp³-hybridized carbons (Fsp3) is 0.364. The van der Waals surface area contributed by atoms with Crippen LogP contribution in [0.3, 0.4) is 0 Å². The van der Waals surface area contributed by atoms with E-state index in [0.29, 0.717) is 11.3 Å². The molecule has 6 heteroatoms. The van der Waals surface area contributed by atoms with Crippen molar-refractivity contribution in [2.75, 3.05) is 24.3 Å². The Morgan fingerprint density at radius 2 is 1.75 bits per heavy atom. The van der Waals surface area contributed by atoms with Crippen molar-refractivity contribution in [1.29, 1.82) is 0 Å². The SMILES string of the molecule is COc1cccc(NCC(=O)Nc2ccc(C(=O)NC3CCCCC3)cc2)c1. The molecule has 0 bridgehead atoms. The first-order chi connectivity index (χ1) is 13.6. The summed E-state index contributed by atoms with van der Waals surface area (Å²) in [6, 6.07) is 14.7. The number of methoxy groups -OCH3 is 1. The Bertz CT molecular complexity index is 799. The van der Waals surface area contributed by atoms with Gasteiger partial charge in [-0.25, -0.2) is 0 Å². The van der Waals surface area contributed by atoms with Gasteiger partial charge in [0, 0.05) is 29.0 Å². The quantitative estimate of drug-likeness (QED) is 0.681. The standard InChI is InChI=1S/C22H27N3O3/c1-28-20-9-5-8-19(14-20)23-15-21(26)24-18-12-10-16(11-13-18)22(27)25-17-6-3-2-4-7-17/h5,8-14,17,23H,2-4,6-7,15H2,1H3,(H,24,26)(H,25,27). The van der Waals surface area contributed by atoms with Crippen LogP contribution < -0.4 is 20.7 Å². The third kappa shape index (κ3) is 5.74. The van der Waals surface area contributed by atoms with Gasteiger partial charge in [0.05, 0.1) is 13.7 Å². The summed E-state index contributed by atoms with van der Waals surface area (Å²) in [6.07, 6.45) is 5.73. The zero-order chi connectivity index (χ0) is 19.8. The van der Waals surface area contributed by atoms with Crippen molar-refractivity contribution < 1.29 is 14.3 Å². The lowest BCUT2D eigenvalue weighted by atomic mass is 9.95. The van der Waals surface area contributed by atoms with Crippen LogP contribution in [0.4, 0.5) is 11.4 Å². The van der Waals surface area contributed by atoms with Gasteiger partial charge in [0.25, 0.3) is 5.91 Å². The Kier molecular flexibility index (Phi) is 6.89. The van der Waals surface area contributed by atoms with Crippen molar-refractivity contribution in [3.63, 3.8) is 0 Å². The number of rotatable bonds is 7. The Hall–Kier alpha value is -3.02. The molecule has 2 aromatic carbocycles. The van der Waals surface area contributed by atoms with E-state index in [0.717, 1.165) is 24.3 Å². The molecule has 0 aromatic heterocycles. The van der Waals surface area contributed by atoms with Crippen LogP contribution in [-0.2, 0) is 4.79 Å². The van der Waals surface area contributed by atoms with E-state index in [1.165, 1.54) is 19.3 Å². The average molecular weight is 381 g/mol. The minimum Gasteiger partial charge on any atom is -0.497 e. The largest absolute Gasteiger partial charge is 0.497 e. The van der Waals surface area contributed by atoms with Crippen LogP contribution >= 0.6 is 0 Å². The van der Waals surface area contributed by atoms with E-state index in [1.807, 2.05) is 24.3 Å². The van der Waals surface area contributed by atoms with E-state index < -0.39 is 0 Å². The van der Waals surface area contributed by atoms with Gasteiger partial charge in [0.2, 0.25) is 5.91 Å². The first-order valence-electron chi connectivity index (χ1n) is 9.73. The monoisotopic (exact) mass is 381 g/mol. The molecule has 0 spiro atoms. The molecule has 3 N–H and O–H groups in total. The van der Waals surface area contributed by atoms with Crippen molar-refractivity contribution in [3.8, 4) is 5.75 Å². The molecule has 0 atom stereocenters. The lowest BCUT2D eigenvalue weighted by Crippen LogP contribution is -2.36. The number of carbonyl (C=O) groups is 2. The van der Waals surface area contributed by atoms with E-state index in [2.05, 4.69) is 16.0 Å². The number of ether oxygens (including phenoxy) is 1. The zero-order valence-electron chi connectivity index (χ0n) is 16.2. The predicted octanol–water partition coefficient (Wildman–Crippen LogP) is 3.81. The average Bonchev–Trinajstić information content (AvgIpc) is 2.73. The van der Waals surface area contributed by atoms with Gasteiger partial charge in [-0.1, -0.05) is 25.3 Å². The molecule has 0 radical (unpaired) electrons. The first kappa shape index (κ1) is 19.7. The molecule has 1 aliphatic carbocycles. The smallest absolute Gasteiger partial charge is 0.251 e. The highest BCUT2D eigenvalue weighted by Gasteiger charge is 2.16. The molecule has 0 heterocycles. The molecule has 0 unspecified atom stereocenters. The normalized spacial score (nSPS) is 14.2. The number of hydrogen-bond acceptors (Lipinski definition) is 4. The highest BCUT2D eigenvalue weighted by atomic mass is 16.5. The Labute approximate surface area is 165 Å². The van der Waals surface area contributed by atoms with Crippen LogP contribution in [0.1, 0.15) is 42.5 Å². The van der Waals surface area contributed by atoms with Crippen LogP contribution in [0.15, 0.2) is 48.5 Å². The molecule has 2 amide bonds. The second-order valence-electron chi connectivity index (χ2n) is 7.02. The van der Waals surface area contributed by atoms with Crippen LogP contribution in [-0.4, -0.2) is 31.5 Å². The molecule has 1 aliphatic rings. The molecule has 2 aromatic rings. The minimum absolute atomic E-state index is 0.0514. The van der Waals surface area contributed by atoms with Crippen LogP contribution in [0, 0.1) is 0 Å². The van der Waals surface area contributed by atoms with Crippen molar-refractivity contribution in [2.45, 2.75) is 38.1 Å². The summed E-state index contributed by atoms with van der Waals surface area (Å²) in [7, 11) is 1.60. The summed E-state index contributed by atoms with van der Waals surface area (Å²) >= 11 is 0. The highest BCUT2D eigenvalue weighted by molar-refractivity contribution is 5.96. The van der Waals surface area contributed by atoms with Gasteiger partial charge in [-0.3, -0.25) is 9.59 Å². The zero-order valence-corrected chi connectivity index (χ0v) is 16.2. The number of hydrogen-bond donors (Lipinski definition) is 3. The van der Waals surface area contributed by atoms with Gasteiger partial charge in [-0.2, -0.15) is 0 Å². The molecule has 1 fully saturated rings. The summed E-state index contributed by atoms with van der Waals surface area (Å²) in [5, 5.41) is 8.98. The fourth-order valence-electron chi connectivity index (χ4n) is 3.34. The third-order valence-corrected chi connectivity index (χ3v) is 4.89. The second kappa shape index (κ2) is 9.78. The number of benzene rings is 2. The van der Waals surface area contributed by atoms with E-state index in [4.69, 9.17) is 4.74 Å². The summed E-state index contributed by atoms with van der Waals surface area (Å²) in [5.41, 5.74) is 2.08. The van der Waals surface area contributed by atoms with Crippen LogP contribution in [0.5, 0.6) is 5.75 Å². The van der Waals surface area contributed by atoms with Crippen LogP contribution in [0.2, 0.25) is 0 Å². The third-order valence-electron chi connectivity index (χ3n) is 4.89. The van der Waals surface area contributed by atoms with Crippen molar-refractivity contribution in [1.82, 2.24) is 5.32 Å². The van der Waals surface area contributed by atoms with Crippen molar-refractivity contribution in [3.05, 3.63) is 54.1 Å². The van der Waals surface area contributed by atoms with Crippen molar-refractivity contribution in [2.24, 2.45) is 0 Å². The highest BCUT2D eigenvalue weighted by Crippen LogP contribution is 2.19. The minimum atomic E-state index is -0.165. The number of amides is 2. The molecule has 1 saturated carbocycles. The Morgan fingerprint density at radius 1 is 1.00 bits per heavy atom. The Balaban J connectivity index is 1.47. The van der Waals surface area contributed by atoms with E-state index >= 15 is 0 Å². The molecule has 28 heavy (non-hydrogen) atoms. The van der Waals surface area contributed by atoms with Gasteiger partial charge in [0.15, 0.2) is 0 Å². The lowest BCUT2D eigenvalue weighted by molar-refractivity contribution is -0.114. The maximum atomic E-state index is 12.3.